The molecule has 1 saturated carbocycles. The maximum absolute atomic E-state index is 13.0. The van der Waals surface area contributed by atoms with Crippen molar-refractivity contribution in [1.82, 2.24) is 4.90 Å². The first-order chi connectivity index (χ1) is 15.5. The summed E-state index contributed by atoms with van der Waals surface area (Å²) >= 11 is 0. The summed E-state index contributed by atoms with van der Waals surface area (Å²) in [6.45, 7) is 1.26. The lowest BCUT2D eigenvalue weighted by Crippen LogP contribution is -2.41. The number of nitrogens with zero attached hydrogens (tertiary/aromatic N) is 1. The predicted molar refractivity (Wildman–Crippen MR) is 120 cm³/mol. The summed E-state index contributed by atoms with van der Waals surface area (Å²) in [5, 5.41) is 5.87. The molecule has 166 valence electrons. The standard InChI is InChI=1S/C25H27N3O4/c1-32-17-7-8-21-18(13-17)19(23(30)27-21)14-22(29)28-11-9-25(10-12-28)15-20(25)24(31)26-16-5-3-2-4-6-16/h2-8,13,19-20H,9-12,14-15H2,1H3,(H,26,31)(H,27,30)/t19-,20+/m1/s1. The lowest BCUT2D eigenvalue weighted by Gasteiger charge is -2.33. The van der Waals surface area contributed by atoms with Crippen LogP contribution in [0.25, 0.3) is 0 Å². The van der Waals surface area contributed by atoms with Gasteiger partial charge < -0.3 is 20.3 Å². The fourth-order valence-corrected chi connectivity index (χ4v) is 5.16. The molecule has 2 aliphatic heterocycles. The second kappa shape index (κ2) is 7.97. The maximum Gasteiger partial charge on any atom is 0.232 e. The monoisotopic (exact) mass is 433 g/mol. The van der Waals surface area contributed by atoms with Crippen molar-refractivity contribution in [1.29, 1.82) is 0 Å². The molecule has 2 heterocycles. The third-order valence-corrected chi connectivity index (χ3v) is 7.25. The number of benzene rings is 2. The third-order valence-electron chi connectivity index (χ3n) is 7.25. The van der Waals surface area contributed by atoms with Crippen LogP contribution >= 0.6 is 0 Å². The van der Waals surface area contributed by atoms with Crippen LogP contribution in [0, 0.1) is 11.3 Å². The van der Waals surface area contributed by atoms with E-state index in [2.05, 4.69) is 10.6 Å². The van der Waals surface area contributed by atoms with Gasteiger partial charge >= 0.3 is 0 Å². The minimum Gasteiger partial charge on any atom is -0.497 e. The van der Waals surface area contributed by atoms with Crippen LogP contribution in [0.3, 0.4) is 0 Å². The Bertz CT molecular complexity index is 1060. The van der Waals surface area contributed by atoms with Gasteiger partial charge in [-0.3, -0.25) is 14.4 Å². The zero-order chi connectivity index (χ0) is 22.3. The quantitative estimate of drug-likeness (QED) is 0.757. The van der Waals surface area contributed by atoms with Crippen LogP contribution in [0.5, 0.6) is 5.75 Å². The average molecular weight is 434 g/mol. The van der Waals surface area contributed by atoms with E-state index < -0.39 is 5.92 Å². The normalized spacial score (nSPS) is 22.8. The van der Waals surface area contributed by atoms with E-state index in [1.807, 2.05) is 47.4 Å². The van der Waals surface area contributed by atoms with Crippen LogP contribution < -0.4 is 15.4 Å². The Kier molecular flexibility index (Phi) is 5.12. The van der Waals surface area contributed by atoms with Crippen LogP contribution in [0.4, 0.5) is 11.4 Å². The SMILES string of the molecule is COc1ccc2c(c1)[C@@H](CC(=O)N1CCC3(CC1)C[C@H]3C(=O)Nc1ccccc1)C(=O)N2. The van der Waals surface area contributed by atoms with Gasteiger partial charge in [-0.05, 0) is 60.6 Å². The molecule has 0 aromatic heterocycles. The van der Waals surface area contributed by atoms with Crippen LogP contribution in [-0.4, -0.2) is 42.8 Å². The molecular formula is C25H27N3O4. The topological polar surface area (TPSA) is 87.7 Å². The van der Waals surface area contributed by atoms with Crippen molar-refractivity contribution >= 4 is 29.1 Å². The Morgan fingerprint density at radius 3 is 2.62 bits per heavy atom. The van der Waals surface area contributed by atoms with E-state index in [-0.39, 0.29) is 35.5 Å². The summed E-state index contributed by atoms with van der Waals surface area (Å²) in [5.74, 6) is 0.112. The highest BCUT2D eigenvalue weighted by atomic mass is 16.5. The molecule has 2 aromatic carbocycles. The Morgan fingerprint density at radius 2 is 1.91 bits per heavy atom. The Morgan fingerprint density at radius 1 is 1.16 bits per heavy atom. The molecule has 1 aliphatic carbocycles. The third kappa shape index (κ3) is 3.72. The molecule has 2 N–H and O–H groups in total. The van der Waals surface area contributed by atoms with E-state index in [1.54, 1.807) is 13.2 Å². The maximum atomic E-state index is 13.0. The molecule has 7 nitrogen and oxygen atoms in total. The number of methoxy groups -OCH3 is 1. The smallest absolute Gasteiger partial charge is 0.232 e. The van der Waals surface area contributed by atoms with E-state index in [1.165, 1.54) is 0 Å². The number of likely N-dealkylation sites (tertiary alicyclic amines) is 1. The number of carbonyl (C=O) groups is 3. The van der Waals surface area contributed by atoms with Gasteiger partial charge in [0.2, 0.25) is 17.7 Å². The van der Waals surface area contributed by atoms with Crippen LogP contribution in [0.15, 0.2) is 48.5 Å². The number of anilines is 2. The number of hydrogen-bond acceptors (Lipinski definition) is 4. The summed E-state index contributed by atoms with van der Waals surface area (Å²) in [6, 6.07) is 15.0. The molecule has 3 amide bonds. The minimum atomic E-state index is -0.492. The second-order valence-corrected chi connectivity index (χ2v) is 9.05. The largest absolute Gasteiger partial charge is 0.497 e. The molecule has 0 bridgehead atoms. The van der Waals surface area contributed by atoms with E-state index in [9.17, 15) is 14.4 Å². The lowest BCUT2D eigenvalue weighted by molar-refractivity contribution is -0.135. The minimum absolute atomic E-state index is 0.0124. The number of rotatable bonds is 5. The van der Waals surface area contributed by atoms with Crippen molar-refractivity contribution in [3.63, 3.8) is 0 Å². The van der Waals surface area contributed by atoms with Gasteiger partial charge in [0.25, 0.3) is 0 Å². The Balaban J connectivity index is 1.17. The van der Waals surface area contributed by atoms with E-state index in [4.69, 9.17) is 4.74 Å². The predicted octanol–water partition coefficient (Wildman–Crippen LogP) is 3.39. The van der Waals surface area contributed by atoms with Crippen LogP contribution in [0.2, 0.25) is 0 Å². The first-order valence-electron chi connectivity index (χ1n) is 11.1. The number of amides is 3. The zero-order valence-electron chi connectivity index (χ0n) is 18.1. The van der Waals surface area contributed by atoms with E-state index in [0.29, 0.717) is 18.8 Å². The van der Waals surface area contributed by atoms with Gasteiger partial charge in [0.05, 0.1) is 13.0 Å². The van der Waals surface area contributed by atoms with Gasteiger partial charge in [-0.1, -0.05) is 18.2 Å². The van der Waals surface area contributed by atoms with Gasteiger partial charge in [0.15, 0.2) is 0 Å². The van der Waals surface area contributed by atoms with Crippen LogP contribution in [-0.2, 0) is 14.4 Å². The van der Waals surface area contributed by atoms with E-state index >= 15 is 0 Å². The van der Waals surface area contributed by atoms with Crippen molar-refractivity contribution in [2.24, 2.45) is 11.3 Å². The summed E-state index contributed by atoms with van der Waals surface area (Å²) in [5.41, 5.74) is 2.40. The van der Waals surface area contributed by atoms with Gasteiger partial charge in [0.1, 0.15) is 5.75 Å². The number of nitrogens with one attached hydrogen (secondary N) is 2. The van der Waals surface area contributed by atoms with Gasteiger partial charge in [-0.2, -0.15) is 0 Å². The zero-order valence-corrected chi connectivity index (χ0v) is 18.1. The highest BCUT2D eigenvalue weighted by Crippen LogP contribution is 2.59. The first kappa shape index (κ1) is 20.5. The Hall–Kier alpha value is -3.35. The fourth-order valence-electron chi connectivity index (χ4n) is 5.16. The summed E-state index contributed by atoms with van der Waals surface area (Å²) in [7, 11) is 1.58. The number of carbonyl (C=O) groups excluding carboxylic acids is 3. The molecule has 2 atom stereocenters. The van der Waals surface area contributed by atoms with Crippen LogP contribution in [0.1, 0.15) is 37.2 Å². The number of fused-ring (bicyclic) bond motifs is 1. The molecule has 2 fully saturated rings. The fraction of sp³-hybridized carbons (Fsp3) is 0.400. The number of hydrogen-bond donors (Lipinski definition) is 2. The highest BCUT2D eigenvalue weighted by molar-refractivity contribution is 6.05. The molecule has 7 heteroatoms. The summed E-state index contributed by atoms with van der Waals surface area (Å²) < 4.78 is 5.27. The molecule has 0 radical (unpaired) electrons. The molecule has 0 unspecified atom stereocenters. The number of ether oxygens (including phenoxy) is 1. The van der Waals surface area contributed by atoms with Gasteiger partial charge in [0, 0.05) is 36.8 Å². The van der Waals surface area contributed by atoms with Crippen molar-refractivity contribution in [2.75, 3.05) is 30.8 Å². The van der Waals surface area contributed by atoms with Crippen molar-refractivity contribution in [2.45, 2.75) is 31.6 Å². The molecule has 2 aromatic rings. The molecule has 1 saturated heterocycles. The summed E-state index contributed by atoms with van der Waals surface area (Å²) in [6.07, 6.45) is 2.68. The molecule has 32 heavy (non-hydrogen) atoms. The summed E-state index contributed by atoms with van der Waals surface area (Å²) in [4.78, 5) is 40.0. The first-order valence-corrected chi connectivity index (χ1v) is 11.1. The highest BCUT2D eigenvalue weighted by Gasteiger charge is 2.58. The lowest BCUT2D eigenvalue weighted by atomic mass is 9.89. The van der Waals surface area contributed by atoms with E-state index in [0.717, 1.165) is 36.2 Å². The average Bonchev–Trinajstić information content (AvgIpc) is 3.42. The van der Waals surface area contributed by atoms with Gasteiger partial charge in [-0.15, -0.1) is 0 Å². The van der Waals surface area contributed by atoms with Crippen molar-refractivity contribution < 1.29 is 19.1 Å². The molecule has 5 rings (SSSR count). The van der Waals surface area contributed by atoms with Gasteiger partial charge in [-0.25, -0.2) is 0 Å². The number of piperidine rings is 1. The second-order valence-electron chi connectivity index (χ2n) is 9.05. The number of para-hydroxylation sites is 1. The Labute approximate surface area is 187 Å². The molecule has 3 aliphatic rings. The van der Waals surface area contributed by atoms with Crippen molar-refractivity contribution in [3.05, 3.63) is 54.1 Å². The molecule has 1 spiro atoms. The van der Waals surface area contributed by atoms with Crippen molar-refractivity contribution in [3.8, 4) is 5.75 Å². The molecular weight excluding hydrogens is 406 g/mol.